The van der Waals surface area contributed by atoms with E-state index < -0.39 is 0 Å². The standard InChI is InChI=1S/C24H25N3O2/c25-15-20-6-3-4-8-22(20)26-23(28)18-9-11-19(12-10-18)24(29)27-14-13-17-5-1-2-7-21(17)16-27/h1-8,18-19H,9-14,16H2,(H,26,28). The van der Waals surface area contributed by atoms with E-state index in [0.717, 1.165) is 25.8 Å². The molecule has 0 unspecified atom stereocenters. The molecule has 1 aliphatic heterocycles. The Kier molecular flexibility index (Phi) is 5.62. The first-order valence-corrected chi connectivity index (χ1v) is 10.3. The number of fused-ring (bicyclic) bond motifs is 1. The molecule has 5 heteroatoms. The Labute approximate surface area is 171 Å². The monoisotopic (exact) mass is 387 g/mol. The predicted octanol–water partition coefficient (Wildman–Crippen LogP) is 3.89. The van der Waals surface area contributed by atoms with Crippen LogP contribution in [-0.2, 0) is 22.6 Å². The van der Waals surface area contributed by atoms with E-state index >= 15 is 0 Å². The maximum Gasteiger partial charge on any atom is 0.227 e. The second-order valence-electron chi connectivity index (χ2n) is 7.97. The molecular formula is C24H25N3O2. The molecule has 0 bridgehead atoms. The summed E-state index contributed by atoms with van der Waals surface area (Å²) in [6, 6.07) is 17.5. The van der Waals surface area contributed by atoms with Crippen molar-refractivity contribution >= 4 is 17.5 Å². The number of nitrogens with zero attached hydrogens (tertiary/aromatic N) is 2. The van der Waals surface area contributed by atoms with Crippen LogP contribution in [-0.4, -0.2) is 23.3 Å². The lowest BCUT2D eigenvalue weighted by Gasteiger charge is -2.34. The molecule has 5 nitrogen and oxygen atoms in total. The van der Waals surface area contributed by atoms with Crippen LogP contribution in [0.3, 0.4) is 0 Å². The summed E-state index contributed by atoms with van der Waals surface area (Å²) in [6.45, 7) is 1.47. The van der Waals surface area contributed by atoms with E-state index in [1.807, 2.05) is 17.0 Å². The molecule has 1 saturated carbocycles. The summed E-state index contributed by atoms with van der Waals surface area (Å²) in [7, 11) is 0. The van der Waals surface area contributed by atoms with Crippen LogP contribution >= 0.6 is 0 Å². The fraction of sp³-hybridized carbons (Fsp3) is 0.375. The summed E-state index contributed by atoms with van der Waals surface area (Å²) in [5, 5.41) is 12.1. The number of para-hydroxylation sites is 1. The average molecular weight is 387 g/mol. The van der Waals surface area contributed by atoms with Crippen molar-refractivity contribution in [3.8, 4) is 6.07 Å². The van der Waals surface area contributed by atoms with Gasteiger partial charge in [-0.15, -0.1) is 0 Å². The van der Waals surface area contributed by atoms with Crippen LogP contribution in [0, 0.1) is 23.2 Å². The van der Waals surface area contributed by atoms with Crippen LogP contribution in [0.25, 0.3) is 0 Å². The van der Waals surface area contributed by atoms with E-state index in [1.165, 1.54) is 11.1 Å². The minimum absolute atomic E-state index is 0.00991. The first-order valence-electron chi connectivity index (χ1n) is 10.3. The number of rotatable bonds is 3. The van der Waals surface area contributed by atoms with Gasteiger partial charge in [0.2, 0.25) is 11.8 Å². The Morgan fingerprint density at radius 1 is 0.931 bits per heavy atom. The lowest BCUT2D eigenvalue weighted by atomic mass is 9.80. The highest BCUT2D eigenvalue weighted by Gasteiger charge is 2.33. The van der Waals surface area contributed by atoms with E-state index in [4.69, 9.17) is 0 Å². The molecule has 2 aromatic carbocycles. The maximum atomic E-state index is 13.0. The molecule has 1 aliphatic carbocycles. The summed E-state index contributed by atoms with van der Waals surface area (Å²) in [5.74, 6) is 0.0854. The zero-order valence-electron chi connectivity index (χ0n) is 16.4. The van der Waals surface area contributed by atoms with Gasteiger partial charge in [0, 0.05) is 24.9 Å². The number of carbonyl (C=O) groups is 2. The second-order valence-corrected chi connectivity index (χ2v) is 7.97. The Balaban J connectivity index is 1.32. The maximum absolute atomic E-state index is 13.0. The van der Waals surface area contributed by atoms with Crippen molar-refractivity contribution in [3.05, 3.63) is 65.2 Å². The smallest absolute Gasteiger partial charge is 0.227 e. The van der Waals surface area contributed by atoms with Gasteiger partial charge in [0.25, 0.3) is 0 Å². The van der Waals surface area contributed by atoms with Crippen molar-refractivity contribution < 1.29 is 9.59 Å². The normalized spacial score (nSPS) is 21.0. The molecule has 2 aliphatic rings. The van der Waals surface area contributed by atoms with E-state index in [2.05, 4.69) is 29.6 Å². The van der Waals surface area contributed by atoms with E-state index in [9.17, 15) is 14.9 Å². The number of anilines is 1. The Morgan fingerprint density at radius 3 is 2.34 bits per heavy atom. The van der Waals surface area contributed by atoms with Gasteiger partial charge in [0.05, 0.1) is 11.3 Å². The van der Waals surface area contributed by atoms with Crippen LogP contribution in [0.5, 0.6) is 0 Å². The molecule has 0 atom stereocenters. The summed E-state index contributed by atoms with van der Waals surface area (Å²) >= 11 is 0. The zero-order chi connectivity index (χ0) is 20.2. The summed E-state index contributed by atoms with van der Waals surface area (Å²) < 4.78 is 0. The van der Waals surface area contributed by atoms with Crippen molar-refractivity contribution in [1.82, 2.24) is 4.90 Å². The average Bonchev–Trinajstić information content (AvgIpc) is 2.78. The first-order chi connectivity index (χ1) is 14.2. The number of hydrogen-bond acceptors (Lipinski definition) is 3. The van der Waals surface area contributed by atoms with E-state index in [0.29, 0.717) is 30.6 Å². The number of nitrogens with one attached hydrogen (secondary N) is 1. The van der Waals surface area contributed by atoms with Crippen molar-refractivity contribution in [1.29, 1.82) is 5.26 Å². The molecule has 0 saturated heterocycles. The van der Waals surface area contributed by atoms with Gasteiger partial charge in [-0.2, -0.15) is 5.26 Å². The molecule has 1 N–H and O–H groups in total. The molecule has 148 valence electrons. The Morgan fingerprint density at radius 2 is 1.59 bits per heavy atom. The molecule has 4 rings (SSSR count). The lowest BCUT2D eigenvalue weighted by Crippen LogP contribution is -2.41. The van der Waals surface area contributed by atoms with Gasteiger partial charge < -0.3 is 10.2 Å². The van der Waals surface area contributed by atoms with Crippen molar-refractivity contribution in [3.63, 3.8) is 0 Å². The number of carbonyl (C=O) groups excluding carboxylic acids is 2. The number of benzene rings is 2. The van der Waals surface area contributed by atoms with Crippen LogP contribution in [0.2, 0.25) is 0 Å². The Bertz CT molecular complexity index is 955. The SMILES string of the molecule is N#Cc1ccccc1NC(=O)C1CCC(C(=O)N2CCc3ccccc3C2)CC1. The van der Waals surface area contributed by atoms with Gasteiger partial charge in [-0.1, -0.05) is 36.4 Å². The summed E-state index contributed by atoms with van der Waals surface area (Å²) in [4.78, 5) is 27.6. The molecule has 0 spiro atoms. The minimum atomic E-state index is -0.104. The summed E-state index contributed by atoms with van der Waals surface area (Å²) in [5.41, 5.74) is 3.62. The molecule has 2 aromatic rings. The fourth-order valence-electron chi connectivity index (χ4n) is 4.47. The number of nitriles is 1. The topological polar surface area (TPSA) is 73.2 Å². The third-order valence-electron chi connectivity index (χ3n) is 6.19. The first kappa shape index (κ1) is 19.2. The molecule has 0 aromatic heterocycles. The summed E-state index contributed by atoms with van der Waals surface area (Å²) in [6.07, 6.45) is 3.82. The van der Waals surface area contributed by atoms with E-state index in [-0.39, 0.29) is 23.7 Å². The van der Waals surface area contributed by atoms with Gasteiger partial charge in [-0.25, -0.2) is 0 Å². The second kappa shape index (κ2) is 8.48. The fourth-order valence-corrected chi connectivity index (χ4v) is 4.47. The van der Waals surface area contributed by atoms with E-state index in [1.54, 1.807) is 18.2 Å². The van der Waals surface area contributed by atoms with Crippen molar-refractivity contribution in [2.75, 3.05) is 11.9 Å². The van der Waals surface area contributed by atoms with Crippen molar-refractivity contribution in [2.24, 2.45) is 11.8 Å². The lowest BCUT2D eigenvalue weighted by molar-refractivity contribution is -0.138. The number of hydrogen-bond donors (Lipinski definition) is 1. The molecule has 1 heterocycles. The highest BCUT2D eigenvalue weighted by Crippen LogP contribution is 2.32. The quantitative estimate of drug-likeness (QED) is 0.868. The third kappa shape index (κ3) is 4.17. The van der Waals surface area contributed by atoms with Crippen LogP contribution in [0.15, 0.2) is 48.5 Å². The largest absolute Gasteiger partial charge is 0.338 e. The predicted molar refractivity (Wildman–Crippen MR) is 111 cm³/mol. The van der Waals surface area contributed by atoms with Gasteiger partial charge >= 0.3 is 0 Å². The van der Waals surface area contributed by atoms with Gasteiger partial charge in [0.15, 0.2) is 0 Å². The van der Waals surface area contributed by atoms with Gasteiger partial charge in [-0.05, 0) is 55.4 Å². The Hall–Kier alpha value is -3.13. The molecule has 0 radical (unpaired) electrons. The number of amides is 2. The molecule has 29 heavy (non-hydrogen) atoms. The highest BCUT2D eigenvalue weighted by molar-refractivity contribution is 5.94. The zero-order valence-corrected chi connectivity index (χ0v) is 16.4. The van der Waals surface area contributed by atoms with Crippen LogP contribution in [0.4, 0.5) is 5.69 Å². The van der Waals surface area contributed by atoms with Crippen molar-refractivity contribution in [2.45, 2.75) is 38.6 Å². The third-order valence-corrected chi connectivity index (χ3v) is 6.19. The van der Waals surface area contributed by atoms with Crippen LogP contribution < -0.4 is 5.32 Å². The van der Waals surface area contributed by atoms with Gasteiger partial charge in [0.1, 0.15) is 6.07 Å². The molecule has 1 fully saturated rings. The van der Waals surface area contributed by atoms with Gasteiger partial charge in [-0.3, -0.25) is 9.59 Å². The molecular weight excluding hydrogens is 362 g/mol. The minimum Gasteiger partial charge on any atom is -0.338 e. The highest BCUT2D eigenvalue weighted by atomic mass is 16.2. The molecule has 2 amide bonds. The van der Waals surface area contributed by atoms with Crippen LogP contribution in [0.1, 0.15) is 42.4 Å².